The molecule has 2 N–H and O–H groups in total. The van der Waals surface area contributed by atoms with E-state index in [0.29, 0.717) is 0 Å². The van der Waals surface area contributed by atoms with Crippen LogP contribution in [0.3, 0.4) is 0 Å². The fourth-order valence-corrected chi connectivity index (χ4v) is 2.67. The van der Waals surface area contributed by atoms with E-state index in [2.05, 4.69) is 10.1 Å². The number of esters is 1. The number of hydrogen-bond acceptors (Lipinski definition) is 4. The minimum absolute atomic E-state index is 0.127. The second-order valence-electron chi connectivity index (χ2n) is 5.83. The molecule has 0 aliphatic rings. The number of methoxy groups -OCH3 is 1. The molecule has 0 saturated heterocycles. The first-order valence-electron chi connectivity index (χ1n) is 7.52. The van der Waals surface area contributed by atoms with Gasteiger partial charge in [0.25, 0.3) is 5.54 Å². The van der Waals surface area contributed by atoms with Crippen LogP contribution in [0.15, 0.2) is 36.4 Å². The average molecular weight is 371 g/mol. The number of ether oxygens (including phenoxy) is 1. The lowest BCUT2D eigenvalue weighted by Gasteiger charge is -2.35. The van der Waals surface area contributed by atoms with Gasteiger partial charge in [0, 0.05) is 5.69 Å². The molecule has 0 bridgehead atoms. The maximum atomic E-state index is 14.1. The Morgan fingerprint density at radius 1 is 1.08 bits per heavy atom. The smallest absolute Gasteiger partial charge is 0.426 e. The fourth-order valence-electron chi connectivity index (χ4n) is 2.67. The predicted octanol–water partition coefficient (Wildman–Crippen LogP) is 4.19. The van der Waals surface area contributed by atoms with Gasteiger partial charge in [-0.1, -0.05) is 0 Å². The van der Waals surface area contributed by atoms with Gasteiger partial charge in [0.2, 0.25) is 0 Å². The van der Waals surface area contributed by atoms with E-state index in [-0.39, 0.29) is 22.6 Å². The van der Waals surface area contributed by atoms with E-state index in [0.717, 1.165) is 43.5 Å². The summed E-state index contributed by atoms with van der Waals surface area (Å²) < 4.78 is 59.9. The van der Waals surface area contributed by atoms with Crippen molar-refractivity contribution in [1.82, 2.24) is 0 Å². The summed E-state index contributed by atoms with van der Waals surface area (Å²) in [5.41, 5.74) is -3.48. The second-order valence-corrected chi connectivity index (χ2v) is 5.83. The third kappa shape index (κ3) is 3.31. The maximum Gasteiger partial charge on any atom is 0.426 e. The molecule has 0 heterocycles. The number of nitrogens with one attached hydrogen (secondary N) is 1. The lowest BCUT2D eigenvalue weighted by molar-refractivity contribution is -0.201. The number of anilines is 1. The van der Waals surface area contributed by atoms with Gasteiger partial charge in [-0.05, 0) is 66.9 Å². The van der Waals surface area contributed by atoms with Gasteiger partial charge in [-0.25, -0.2) is 9.18 Å². The van der Waals surface area contributed by atoms with Crippen LogP contribution in [0.2, 0.25) is 0 Å². The highest BCUT2D eigenvalue weighted by molar-refractivity contribution is 5.87. The molecular formula is C18H17F4NO3. The summed E-state index contributed by atoms with van der Waals surface area (Å²) in [6, 6.07) is 6.21. The molecule has 0 saturated carbocycles. The van der Waals surface area contributed by atoms with E-state index < -0.39 is 29.1 Å². The zero-order valence-corrected chi connectivity index (χ0v) is 14.2. The zero-order valence-electron chi connectivity index (χ0n) is 14.2. The van der Waals surface area contributed by atoms with Crippen LogP contribution in [0.1, 0.15) is 16.7 Å². The van der Waals surface area contributed by atoms with E-state index >= 15 is 0 Å². The quantitative estimate of drug-likeness (QED) is 0.625. The Morgan fingerprint density at radius 3 is 2.00 bits per heavy atom. The number of alkyl halides is 3. The van der Waals surface area contributed by atoms with Gasteiger partial charge >= 0.3 is 12.1 Å². The van der Waals surface area contributed by atoms with Gasteiger partial charge in [-0.15, -0.1) is 0 Å². The minimum Gasteiger partial charge on any atom is -0.507 e. The number of benzene rings is 2. The van der Waals surface area contributed by atoms with Crippen molar-refractivity contribution in [2.45, 2.75) is 25.6 Å². The van der Waals surface area contributed by atoms with Crippen molar-refractivity contribution in [3.8, 4) is 5.75 Å². The second kappa shape index (κ2) is 6.86. The normalized spacial score (nSPS) is 13.8. The minimum atomic E-state index is -5.09. The first kappa shape index (κ1) is 19.6. The number of carbonyl (C=O) groups is 1. The van der Waals surface area contributed by atoms with Crippen LogP contribution in [-0.4, -0.2) is 24.4 Å². The van der Waals surface area contributed by atoms with E-state index in [1.54, 1.807) is 0 Å². The van der Waals surface area contributed by atoms with Gasteiger partial charge < -0.3 is 15.2 Å². The SMILES string of the molecule is COC(=O)[C@](Nc1ccc(F)cc1)(c1cc(C)c(O)c(C)c1)C(F)(F)F. The zero-order chi connectivity index (χ0) is 19.7. The lowest BCUT2D eigenvalue weighted by atomic mass is 9.86. The van der Waals surface area contributed by atoms with Crippen LogP contribution < -0.4 is 5.32 Å². The van der Waals surface area contributed by atoms with Crippen LogP contribution in [0.5, 0.6) is 5.75 Å². The van der Waals surface area contributed by atoms with Crippen LogP contribution in [0.25, 0.3) is 0 Å². The largest absolute Gasteiger partial charge is 0.507 e. The summed E-state index contributed by atoms with van der Waals surface area (Å²) in [6.07, 6.45) is -5.09. The molecule has 0 radical (unpaired) electrons. The summed E-state index contributed by atoms with van der Waals surface area (Å²) >= 11 is 0. The monoisotopic (exact) mass is 371 g/mol. The highest BCUT2D eigenvalue weighted by Crippen LogP contribution is 2.44. The summed E-state index contributed by atoms with van der Waals surface area (Å²) in [4.78, 5) is 12.3. The highest BCUT2D eigenvalue weighted by atomic mass is 19.4. The molecule has 2 aromatic rings. The van der Waals surface area contributed by atoms with Crippen molar-refractivity contribution < 1.29 is 32.2 Å². The molecule has 2 rings (SSSR count). The summed E-state index contributed by atoms with van der Waals surface area (Å²) in [6.45, 7) is 2.84. The molecular weight excluding hydrogens is 354 g/mol. The van der Waals surface area contributed by atoms with E-state index in [1.165, 1.54) is 13.8 Å². The standard InChI is InChI=1S/C18H17F4NO3/c1-10-8-12(9-11(2)15(10)24)17(16(25)26-3,18(20,21)22)23-14-6-4-13(19)5-7-14/h4-9,23-24H,1-3H3/t17-/m1/s1. The number of halogens is 4. The first-order valence-corrected chi connectivity index (χ1v) is 7.52. The first-order chi connectivity index (χ1) is 12.0. The Labute approximate surface area is 147 Å². The van der Waals surface area contributed by atoms with Gasteiger partial charge in [0.05, 0.1) is 7.11 Å². The number of hydrogen-bond donors (Lipinski definition) is 2. The number of aromatic hydroxyl groups is 1. The third-order valence-corrected chi connectivity index (χ3v) is 4.02. The third-order valence-electron chi connectivity index (χ3n) is 4.02. The van der Waals surface area contributed by atoms with Crippen LogP contribution in [0.4, 0.5) is 23.2 Å². The molecule has 0 unspecified atom stereocenters. The molecule has 8 heteroatoms. The lowest BCUT2D eigenvalue weighted by Crippen LogP contribution is -2.55. The van der Waals surface area contributed by atoms with Crippen molar-refractivity contribution in [3.63, 3.8) is 0 Å². The number of carbonyl (C=O) groups excluding carboxylic acids is 1. The molecule has 0 aromatic heterocycles. The summed E-state index contributed by atoms with van der Waals surface area (Å²) in [5, 5.41) is 12.0. The Morgan fingerprint density at radius 2 is 1.58 bits per heavy atom. The number of phenolic OH excluding ortho intramolecular Hbond substituents is 1. The maximum absolute atomic E-state index is 14.1. The Bertz CT molecular complexity index is 795. The Kier molecular flexibility index (Phi) is 5.16. The average Bonchev–Trinajstić information content (AvgIpc) is 2.57. The summed E-state index contributed by atoms with van der Waals surface area (Å²) in [5.74, 6) is -2.39. The molecule has 0 aliphatic carbocycles. The van der Waals surface area contributed by atoms with Crippen molar-refractivity contribution >= 4 is 11.7 Å². The summed E-state index contributed by atoms with van der Waals surface area (Å²) in [7, 11) is 0.843. The molecule has 140 valence electrons. The molecule has 4 nitrogen and oxygen atoms in total. The van der Waals surface area contributed by atoms with Crippen molar-refractivity contribution in [2.75, 3.05) is 12.4 Å². The van der Waals surface area contributed by atoms with Crippen LogP contribution in [-0.2, 0) is 15.1 Å². The van der Waals surface area contributed by atoms with Gasteiger partial charge in [0.15, 0.2) is 0 Å². The highest BCUT2D eigenvalue weighted by Gasteiger charge is 2.63. The molecule has 0 amide bonds. The molecule has 2 aromatic carbocycles. The van der Waals surface area contributed by atoms with Crippen molar-refractivity contribution in [1.29, 1.82) is 0 Å². The molecule has 0 aliphatic heterocycles. The molecule has 26 heavy (non-hydrogen) atoms. The van der Waals surface area contributed by atoms with Crippen molar-refractivity contribution in [2.24, 2.45) is 0 Å². The van der Waals surface area contributed by atoms with Crippen molar-refractivity contribution in [3.05, 3.63) is 58.9 Å². The van der Waals surface area contributed by atoms with Gasteiger partial charge in [-0.3, -0.25) is 0 Å². The Hall–Kier alpha value is -2.77. The fraction of sp³-hybridized carbons (Fsp3) is 0.278. The van der Waals surface area contributed by atoms with E-state index in [4.69, 9.17) is 0 Å². The molecule has 1 atom stereocenters. The topological polar surface area (TPSA) is 58.6 Å². The number of rotatable bonds is 4. The number of phenols is 1. The number of aryl methyl sites for hydroxylation is 2. The van der Waals surface area contributed by atoms with Gasteiger partial charge in [0.1, 0.15) is 11.6 Å². The molecule has 0 spiro atoms. The van der Waals surface area contributed by atoms with Gasteiger partial charge in [-0.2, -0.15) is 13.2 Å². The predicted molar refractivity (Wildman–Crippen MR) is 87.4 cm³/mol. The molecule has 0 fully saturated rings. The van der Waals surface area contributed by atoms with Crippen LogP contribution >= 0.6 is 0 Å². The van der Waals surface area contributed by atoms with E-state index in [1.807, 2.05) is 0 Å². The van der Waals surface area contributed by atoms with E-state index in [9.17, 15) is 27.5 Å². The Balaban J connectivity index is 2.75. The van der Waals surface area contributed by atoms with Crippen LogP contribution in [0, 0.1) is 19.7 Å².